The van der Waals surface area contributed by atoms with E-state index in [4.69, 9.17) is 9.47 Å². The van der Waals surface area contributed by atoms with Gasteiger partial charge in [0, 0.05) is 25.2 Å². The van der Waals surface area contributed by atoms with Crippen molar-refractivity contribution in [1.82, 2.24) is 15.2 Å². The molecule has 1 amide bonds. The van der Waals surface area contributed by atoms with Gasteiger partial charge in [-0.1, -0.05) is 30.3 Å². The van der Waals surface area contributed by atoms with Crippen molar-refractivity contribution >= 4 is 5.91 Å². The lowest BCUT2D eigenvalue weighted by atomic mass is 10.0. The molecule has 1 aromatic heterocycles. The first-order valence-corrected chi connectivity index (χ1v) is 9.35. The van der Waals surface area contributed by atoms with Gasteiger partial charge in [-0.05, 0) is 37.4 Å². The molecular weight excluding hydrogens is 342 g/mol. The number of benzene rings is 1. The maximum Gasteiger partial charge on any atom is 0.257 e. The van der Waals surface area contributed by atoms with Crippen molar-refractivity contribution in [3.63, 3.8) is 0 Å². The summed E-state index contributed by atoms with van der Waals surface area (Å²) in [5.41, 5.74) is 1.78. The zero-order chi connectivity index (χ0) is 19.1. The first-order chi connectivity index (χ1) is 13.2. The Morgan fingerprint density at radius 1 is 1.19 bits per heavy atom. The van der Waals surface area contributed by atoms with Crippen molar-refractivity contribution in [3.8, 4) is 11.8 Å². The molecule has 1 unspecified atom stereocenters. The standard InChI is InChI=1S/C21H27N3O3/c1-26-19-11-10-18(21(23-19)27-2)20(25)22-17-9-6-13-24(15-17)14-12-16-7-4-3-5-8-16/h3-5,7-8,10-11,17H,6,9,12-15H2,1-2H3,(H,22,25). The van der Waals surface area contributed by atoms with E-state index in [9.17, 15) is 4.79 Å². The largest absolute Gasteiger partial charge is 0.481 e. The van der Waals surface area contributed by atoms with Gasteiger partial charge in [0.2, 0.25) is 11.8 Å². The number of nitrogens with one attached hydrogen (secondary N) is 1. The molecule has 1 atom stereocenters. The maximum absolute atomic E-state index is 12.7. The van der Waals surface area contributed by atoms with Gasteiger partial charge in [0.1, 0.15) is 5.56 Å². The average Bonchev–Trinajstić information content (AvgIpc) is 2.72. The van der Waals surface area contributed by atoms with Gasteiger partial charge in [0.05, 0.1) is 14.2 Å². The highest BCUT2D eigenvalue weighted by molar-refractivity contribution is 5.96. The van der Waals surface area contributed by atoms with Crippen LogP contribution in [0, 0.1) is 0 Å². The van der Waals surface area contributed by atoms with Crippen LogP contribution >= 0.6 is 0 Å². The van der Waals surface area contributed by atoms with E-state index < -0.39 is 0 Å². The summed E-state index contributed by atoms with van der Waals surface area (Å²) in [5.74, 6) is 0.550. The first kappa shape index (κ1) is 19.2. The summed E-state index contributed by atoms with van der Waals surface area (Å²) in [6.07, 6.45) is 3.09. The highest BCUT2D eigenvalue weighted by Gasteiger charge is 2.23. The molecular formula is C21H27N3O3. The van der Waals surface area contributed by atoms with Gasteiger partial charge in [0.15, 0.2) is 0 Å². The Balaban J connectivity index is 1.56. The lowest BCUT2D eigenvalue weighted by Crippen LogP contribution is -2.48. The fourth-order valence-electron chi connectivity index (χ4n) is 3.44. The number of methoxy groups -OCH3 is 2. The second-order valence-corrected chi connectivity index (χ2v) is 6.76. The molecule has 27 heavy (non-hydrogen) atoms. The van der Waals surface area contributed by atoms with Crippen LogP contribution in [0.4, 0.5) is 0 Å². The number of piperidine rings is 1. The second kappa shape index (κ2) is 9.37. The summed E-state index contributed by atoms with van der Waals surface area (Å²) in [6, 6.07) is 14.0. The molecule has 3 rings (SSSR count). The fourth-order valence-corrected chi connectivity index (χ4v) is 3.44. The Hall–Kier alpha value is -2.60. The maximum atomic E-state index is 12.7. The summed E-state index contributed by atoms with van der Waals surface area (Å²) in [5, 5.41) is 3.13. The quantitative estimate of drug-likeness (QED) is 0.813. The number of likely N-dealkylation sites (tertiary alicyclic amines) is 1. The van der Waals surface area contributed by atoms with E-state index in [-0.39, 0.29) is 17.8 Å². The Bertz CT molecular complexity index is 752. The summed E-state index contributed by atoms with van der Waals surface area (Å²) in [6.45, 7) is 2.95. The minimum Gasteiger partial charge on any atom is -0.481 e. The summed E-state index contributed by atoms with van der Waals surface area (Å²) in [4.78, 5) is 19.3. The van der Waals surface area contributed by atoms with Gasteiger partial charge >= 0.3 is 0 Å². The third-order valence-corrected chi connectivity index (χ3v) is 4.88. The molecule has 6 nitrogen and oxygen atoms in total. The normalized spacial score (nSPS) is 17.3. The number of hydrogen-bond donors (Lipinski definition) is 1. The molecule has 0 radical (unpaired) electrons. The summed E-state index contributed by atoms with van der Waals surface area (Å²) in [7, 11) is 3.04. The van der Waals surface area contributed by atoms with Crippen molar-refractivity contribution in [3.05, 3.63) is 53.6 Å². The van der Waals surface area contributed by atoms with Crippen molar-refractivity contribution in [1.29, 1.82) is 0 Å². The summed E-state index contributed by atoms with van der Waals surface area (Å²) < 4.78 is 10.3. The molecule has 2 aromatic rings. The third-order valence-electron chi connectivity index (χ3n) is 4.88. The van der Waals surface area contributed by atoms with Crippen LogP contribution in [-0.4, -0.2) is 55.7 Å². The van der Waals surface area contributed by atoms with Crippen LogP contribution in [-0.2, 0) is 6.42 Å². The Morgan fingerprint density at radius 3 is 2.74 bits per heavy atom. The van der Waals surface area contributed by atoms with E-state index in [2.05, 4.69) is 39.5 Å². The zero-order valence-corrected chi connectivity index (χ0v) is 16.0. The number of aromatic nitrogens is 1. The molecule has 0 spiro atoms. The molecule has 0 saturated carbocycles. The van der Waals surface area contributed by atoms with Crippen LogP contribution in [0.2, 0.25) is 0 Å². The van der Waals surface area contributed by atoms with Crippen LogP contribution in [0.15, 0.2) is 42.5 Å². The van der Waals surface area contributed by atoms with Gasteiger partial charge in [-0.25, -0.2) is 0 Å². The third kappa shape index (κ3) is 5.20. The first-order valence-electron chi connectivity index (χ1n) is 9.35. The van der Waals surface area contributed by atoms with Crippen molar-refractivity contribution in [2.45, 2.75) is 25.3 Å². The number of hydrogen-bond acceptors (Lipinski definition) is 5. The van der Waals surface area contributed by atoms with Gasteiger partial charge in [-0.3, -0.25) is 4.79 Å². The van der Waals surface area contributed by atoms with Crippen molar-refractivity contribution in [2.75, 3.05) is 33.9 Å². The fraction of sp³-hybridized carbons (Fsp3) is 0.429. The number of carbonyl (C=O) groups is 1. The van der Waals surface area contributed by atoms with E-state index in [1.807, 2.05) is 6.07 Å². The van der Waals surface area contributed by atoms with Gasteiger partial charge in [0.25, 0.3) is 5.91 Å². The lowest BCUT2D eigenvalue weighted by Gasteiger charge is -2.33. The van der Waals surface area contributed by atoms with Crippen LogP contribution in [0.1, 0.15) is 28.8 Å². The van der Waals surface area contributed by atoms with E-state index in [1.54, 1.807) is 12.1 Å². The SMILES string of the molecule is COc1ccc(C(=O)NC2CCCN(CCc3ccccc3)C2)c(OC)n1. The smallest absolute Gasteiger partial charge is 0.257 e. The molecule has 0 bridgehead atoms. The number of carbonyl (C=O) groups excluding carboxylic acids is 1. The topological polar surface area (TPSA) is 63.7 Å². The molecule has 1 aliphatic heterocycles. The Morgan fingerprint density at radius 2 is 2.00 bits per heavy atom. The minimum absolute atomic E-state index is 0.133. The number of pyridine rings is 1. The number of rotatable bonds is 7. The Kier molecular flexibility index (Phi) is 6.65. The predicted molar refractivity (Wildman–Crippen MR) is 104 cm³/mol. The molecule has 2 heterocycles. The highest BCUT2D eigenvalue weighted by atomic mass is 16.5. The highest BCUT2D eigenvalue weighted by Crippen LogP contribution is 2.20. The van der Waals surface area contributed by atoms with E-state index in [1.165, 1.54) is 19.8 Å². The zero-order valence-electron chi connectivity index (χ0n) is 16.0. The molecule has 1 saturated heterocycles. The van der Waals surface area contributed by atoms with Crippen molar-refractivity contribution < 1.29 is 14.3 Å². The molecule has 1 N–H and O–H groups in total. The minimum atomic E-state index is -0.156. The number of nitrogens with zero attached hydrogens (tertiary/aromatic N) is 2. The van der Waals surface area contributed by atoms with Crippen LogP contribution in [0.3, 0.4) is 0 Å². The van der Waals surface area contributed by atoms with Gasteiger partial charge in [-0.15, -0.1) is 0 Å². The molecule has 6 heteroatoms. The average molecular weight is 369 g/mol. The number of ether oxygens (including phenoxy) is 2. The monoisotopic (exact) mass is 369 g/mol. The number of amides is 1. The van der Waals surface area contributed by atoms with Crippen LogP contribution in [0.25, 0.3) is 0 Å². The molecule has 1 aliphatic rings. The summed E-state index contributed by atoms with van der Waals surface area (Å²) >= 11 is 0. The molecule has 144 valence electrons. The second-order valence-electron chi connectivity index (χ2n) is 6.76. The Labute approximate surface area is 160 Å². The van der Waals surface area contributed by atoms with Crippen LogP contribution < -0.4 is 14.8 Å². The van der Waals surface area contributed by atoms with E-state index in [0.29, 0.717) is 11.4 Å². The van der Waals surface area contributed by atoms with Gasteiger partial charge in [-0.2, -0.15) is 4.98 Å². The molecule has 0 aliphatic carbocycles. The van der Waals surface area contributed by atoms with Crippen LogP contribution in [0.5, 0.6) is 11.8 Å². The van der Waals surface area contributed by atoms with E-state index >= 15 is 0 Å². The van der Waals surface area contributed by atoms with Gasteiger partial charge < -0.3 is 19.7 Å². The van der Waals surface area contributed by atoms with E-state index in [0.717, 1.165) is 38.9 Å². The molecule has 1 aromatic carbocycles. The van der Waals surface area contributed by atoms with Crippen molar-refractivity contribution in [2.24, 2.45) is 0 Å². The molecule has 1 fully saturated rings. The predicted octanol–water partition coefficient (Wildman–Crippen LogP) is 2.54. The lowest BCUT2D eigenvalue weighted by molar-refractivity contribution is 0.0900.